The van der Waals surface area contributed by atoms with E-state index >= 15 is 0 Å². The second-order valence-corrected chi connectivity index (χ2v) is 11.7. The minimum absolute atomic E-state index is 0.288. The average molecular weight is 545 g/mol. The average Bonchev–Trinajstić information content (AvgIpc) is 3.46. The first-order chi connectivity index (χ1) is 18.3. The van der Waals surface area contributed by atoms with E-state index in [9.17, 15) is 0 Å². The molecule has 0 radical (unpaired) electrons. The van der Waals surface area contributed by atoms with Gasteiger partial charge in [0.05, 0.1) is 44.6 Å². The molecule has 0 fully saturated rings. The van der Waals surface area contributed by atoms with E-state index in [1.54, 1.807) is 14.2 Å². The van der Waals surface area contributed by atoms with E-state index in [1.807, 2.05) is 0 Å². The molecule has 0 saturated heterocycles. The van der Waals surface area contributed by atoms with E-state index in [-0.39, 0.29) is 12.1 Å². The highest BCUT2D eigenvalue weighted by Gasteiger charge is 2.28. The molecule has 210 valence electrons. The molecule has 1 unspecified atom stereocenters. The molecule has 0 aliphatic carbocycles. The van der Waals surface area contributed by atoms with Gasteiger partial charge in [0.1, 0.15) is 0 Å². The maximum atomic E-state index is 8.92. The van der Waals surface area contributed by atoms with Crippen LogP contribution in [0.25, 0.3) is 11.3 Å². The Morgan fingerprint density at radius 2 is 1.61 bits per heavy atom. The molecular formula is C29H45N4O4P. The van der Waals surface area contributed by atoms with Crippen molar-refractivity contribution in [3.63, 3.8) is 0 Å². The van der Waals surface area contributed by atoms with Crippen LogP contribution in [0.15, 0.2) is 24.3 Å². The lowest BCUT2D eigenvalue weighted by molar-refractivity contribution is 0.169. The summed E-state index contributed by atoms with van der Waals surface area (Å²) in [4.78, 5) is 2.21. The summed E-state index contributed by atoms with van der Waals surface area (Å²) in [7, 11) is 4.37. The quantitative estimate of drug-likeness (QED) is 0.186. The van der Waals surface area contributed by atoms with Crippen LogP contribution in [0.2, 0.25) is 0 Å². The number of hydrogen-bond donors (Lipinski definition) is 0. The van der Waals surface area contributed by atoms with E-state index < -0.39 is 8.53 Å². The van der Waals surface area contributed by atoms with Crippen LogP contribution in [0, 0.1) is 11.3 Å². The monoisotopic (exact) mass is 544 g/mol. The van der Waals surface area contributed by atoms with Gasteiger partial charge < -0.3 is 28.0 Å². The minimum Gasteiger partial charge on any atom is -0.380 e. The summed E-state index contributed by atoms with van der Waals surface area (Å²) >= 11 is 0. The molecule has 1 atom stereocenters. The molecule has 1 aliphatic rings. The molecule has 0 spiro atoms. The zero-order valence-corrected chi connectivity index (χ0v) is 25.1. The first kappa shape index (κ1) is 30.6. The smallest absolute Gasteiger partial charge is 0.259 e. The predicted octanol–water partition coefficient (Wildman–Crippen LogP) is 6.12. The van der Waals surface area contributed by atoms with Crippen molar-refractivity contribution in [2.24, 2.45) is 0 Å². The molecular weight excluding hydrogens is 499 g/mol. The molecule has 1 aromatic heterocycles. The van der Waals surface area contributed by atoms with E-state index in [0.29, 0.717) is 32.8 Å². The summed E-state index contributed by atoms with van der Waals surface area (Å²) in [6.07, 6.45) is 2.62. The van der Waals surface area contributed by atoms with Crippen LogP contribution in [0.5, 0.6) is 0 Å². The largest absolute Gasteiger partial charge is 0.380 e. The van der Waals surface area contributed by atoms with Crippen LogP contribution >= 0.6 is 8.53 Å². The van der Waals surface area contributed by atoms with Gasteiger partial charge in [-0.05, 0) is 58.2 Å². The zero-order chi connectivity index (χ0) is 27.7. The second-order valence-electron chi connectivity index (χ2n) is 10.2. The van der Waals surface area contributed by atoms with Crippen LogP contribution in [-0.2, 0) is 44.7 Å². The number of hydrogen-bond acceptors (Lipinski definition) is 7. The van der Waals surface area contributed by atoms with Crippen molar-refractivity contribution in [2.45, 2.75) is 78.8 Å². The summed E-state index contributed by atoms with van der Waals surface area (Å²) in [5.41, 5.74) is 7.50. The predicted molar refractivity (Wildman–Crippen MR) is 154 cm³/mol. The number of aromatic nitrogens is 1. The lowest BCUT2D eigenvalue weighted by Gasteiger charge is -2.35. The fraction of sp³-hybridized carbons (Fsp3) is 0.621. The SMILES string of the molecule is COCc1c(COC)c(-c2ccc(N(C)CCOP(OCCC#N)N(C(C)C)C(C)C)cc2)n2c1CCC2. The molecule has 1 aromatic carbocycles. The highest BCUT2D eigenvalue weighted by atomic mass is 31.2. The van der Waals surface area contributed by atoms with Gasteiger partial charge in [0.25, 0.3) is 8.53 Å². The standard InChI is InChI=1S/C29H45N4O4P/c1-22(2)33(23(3)4)38(36-18-9-15-30)37-19-17-31(5)25-13-11-24(12-14-25)29-27(21-35-7)26(20-34-6)28-10-8-16-32(28)29/h11-14,22-23H,8-10,16-21H2,1-7H3. The fourth-order valence-electron chi connectivity index (χ4n) is 5.23. The number of nitrogens with zero attached hydrogens (tertiary/aromatic N) is 4. The number of likely N-dealkylation sites (N-methyl/N-ethyl adjacent to an activating group) is 1. The first-order valence-electron chi connectivity index (χ1n) is 13.6. The van der Waals surface area contributed by atoms with Crippen molar-refractivity contribution >= 4 is 14.2 Å². The number of methoxy groups -OCH3 is 2. The van der Waals surface area contributed by atoms with E-state index in [1.165, 1.54) is 34.5 Å². The summed E-state index contributed by atoms with van der Waals surface area (Å²) in [6.45, 7) is 12.5. The van der Waals surface area contributed by atoms with Crippen molar-refractivity contribution in [1.29, 1.82) is 5.26 Å². The van der Waals surface area contributed by atoms with Crippen LogP contribution < -0.4 is 4.90 Å². The van der Waals surface area contributed by atoms with E-state index in [2.05, 4.69) is 79.2 Å². The number of ether oxygens (including phenoxy) is 2. The Morgan fingerprint density at radius 1 is 0.974 bits per heavy atom. The molecule has 2 aromatic rings. The lowest BCUT2D eigenvalue weighted by atomic mass is 10.0. The normalized spacial score (nSPS) is 13.9. The van der Waals surface area contributed by atoms with Crippen LogP contribution in [0.3, 0.4) is 0 Å². The van der Waals surface area contributed by atoms with Gasteiger partial charge in [0, 0.05) is 68.9 Å². The van der Waals surface area contributed by atoms with Gasteiger partial charge in [-0.25, -0.2) is 4.67 Å². The molecule has 0 amide bonds. The number of fused-ring (bicyclic) bond motifs is 1. The number of rotatable bonds is 16. The highest BCUT2D eigenvalue weighted by Crippen LogP contribution is 2.46. The van der Waals surface area contributed by atoms with Crippen molar-refractivity contribution in [3.8, 4) is 17.3 Å². The lowest BCUT2D eigenvalue weighted by Crippen LogP contribution is -2.34. The van der Waals surface area contributed by atoms with Crippen molar-refractivity contribution in [1.82, 2.24) is 9.24 Å². The van der Waals surface area contributed by atoms with Gasteiger partial charge in [-0.2, -0.15) is 5.26 Å². The molecule has 0 N–H and O–H groups in total. The Labute approximate surface area is 230 Å². The molecule has 3 rings (SSSR count). The molecule has 2 heterocycles. The van der Waals surface area contributed by atoms with Crippen LogP contribution in [-0.4, -0.2) is 62.3 Å². The van der Waals surface area contributed by atoms with Gasteiger partial charge in [-0.15, -0.1) is 0 Å². The van der Waals surface area contributed by atoms with Crippen molar-refractivity contribution in [3.05, 3.63) is 41.1 Å². The Balaban J connectivity index is 1.70. The molecule has 8 nitrogen and oxygen atoms in total. The Kier molecular flexibility index (Phi) is 12.0. The molecule has 0 saturated carbocycles. The third kappa shape index (κ3) is 7.35. The first-order valence-corrected chi connectivity index (χ1v) is 14.7. The summed E-state index contributed by atoms with van der Waals surface area (Å²) in [6, 6.07) is 11.5. The van der Waals surface area contributed by atoms with Crippen LogP contribution in [0.4, 0.5) is 5.69 Å². The molecule has 1 aliphatic heterocycles. The maximum absolute atomic E-state index is 8.92. The summed E-state index contributed by atoms with van der Waals surface area (Å²) < 4.78 is 28.1. The number of benzene rings is 1. The van der Waals surface area contributed by atoms with E-state index in [0.717, 1.165) is 25.2 Å². The molecule has 38 heavy (non-hydrogen) atoms. The maximum Gasteiger partial charge on any atom is 0.259 e. The minimum atomic E-state index is -1.23. The number of nitriles is 1. The Hall–Kier alpha value is -1.98. The van der Waals surface area contributed by atoms with Crippen molar-refractivity contribution in [2.75, 3.05) is 45.9 Å². The van der Waals surface area contributed by atoms with Crippen LogP contribution in [0.1, 0.15) is 57.4 Å². The highest BCUT2D eigenvalue weighted by molar-refractivity contribution is 7.44. The molecule has 0 bridgehead atoms. The van der Waals surface area contributed by atoms with Gasteiger partial charge >= 0.3 is 0 Å². The van der Waals surface area contributed by atoms with E-state index in [4.69, 9.17) is 23.8 Å². The van der Waals surface area contributed by atoms with Crippen molar-refractivity contribution < 1.29 is 18.5 Å². The summed E-state index contributed by atoms with van der Waals surface area (Å²) in [5.74, 6) is 0. The zero-order valence-electron chi connectivity index (χ0n) is 24.2. The second kappa shape index (κ2) is 15.0. The third-order valence-electron chi connectivity index (χ3n) is 6.84. The van der Waals surface area contributed by atoms with Gasteiger partial charge in [0.15, 0.2) is 0 Å². The summed E-state index contributed by atoms with van der Waals surface area (Å²) in [5, 5.41) is 8.92. The Morgan fingerprint density at radius 3 is 2.21 bits per heavy atom. The Bertz CT molecular complexity index is 1040. The number of anilines is 1. The fourth-order valence-corrected chi connectivity index (χ4v) is 6.81. The third-order valence-corrected chi connectivity index (χ3v) is 8.95. The van der Waals surface area contributed by atoms with Gasteiger partial charge in [-0.3, -0.25) is 0 Å². The topological polar surface area (TPSA) is 72.1 Å². The van der Waals surface area contributed by atoms with Gasteiger partial charge in [-0.1, -0.05) is 12.1 Å². The van der Waals surface area contributed by atoms with Gasteiger partial charge in [0.2, 0.25) is 0 Å². The molecule has 9 heteroatoms.